The highest BCUT2D eigenvalue weighted by Crippen LogP contribution is 2.31. The van der Waals surface area contributed by atoms with E-state index in [0.717, 1.165) is 51.4 Å². The summed E-state index contributed by atoms with van der Waals surface area (Å²) >= 11 is 0. The van der Waals surface area contributed by atoms with Crippen LogP contribution >= 0.6 is 0 Å². The molecular weight excluding hydrogens is 552 g/mol. The second kappa shape index (κ2) is 18.4. The van der Waals surface area contributed by atoms with Crippen molar-refractivity contribution in [1.82, 2.24) is 0 Å². The molecule has 0 saturated carbocycles. The van der Waals surface area contributed by atoms with Gasteiger partial charge >= 0.3 is 5.97 Å². The predicted molar refractivity (Wildman–Crippen MR) is 150 cm³/mol. The molecule has 4 rings (SSSR count). The van der Waals surface area contributed by atoms with Gasteiger partial charge in [0.15, 0.2) is 18.7 Å². The van der Waals surface area contributed by atoms with Crippen LogP contribution in [-0.2, 0) is 28.5 Å². The molecule has 0 aromatic heterocycles. The summed E-state index contributed by atoms with van der Waals surface area (Å²) in [6.45, 7) is 0.587. The van der Waals surface area contributed by atoms with E-state index in [2.05, 4.69) is 24.3 Å². The topological polar surface area (TPSA) is 185 Å². The Balaban J connectivity index is 1.74. The van der Waals surface area contributed by atoms with E-state index in [1.165, 1.54) is 0 Å². The number of rotatable bonds is 2. The normalized spacial score (nSPS) is 40.7. The van der Waals surface area contributed by atoms with E-state index in [4.69, 9.17) is 23.7 Å². The van der Waals surface area contributed by atoms with Crippen LogP contribution in [0, 0.1) is 0 Å². The van der Waals surface area contributed by atoms with Crippen LogP contribution in [0.2, 0.25) is 0 Å². The van der Waals surface area contributed by atoms with Crippen LogP contribution in [-0.4, -0.2) is 117 Å². The first kappa shape index (κ1) is 35.0. The average molecular weight is 603 g/mol. The number of hydrogen-bond donors (Lipinski definition) is 6. The van der Waals surface area contributed by atoms with Crippen LogP contribution in [0.15, 0.2) is 24.3 Å². The summed E-state index contributed by atoms with van der Waals surface area (Å²) in [5.74, 6) is -0.582. The molecule has 11 atom stereocenters. The first-order valence-corrected chi connectivity index (χ1v) is 15.3. The molecule has 0 aliphatic carbocycles. The number of allylic oxidation sites excluding steroid dienone is 4. The second-order valence-electron chi connectivity index (χ2n) is 11.3. The van der Waals surface area contributed by atoms with Crippen LogP contribution < -0.4 is 0 Å². The molecule has 12 heteroatoms. The maximum absolute atomic E-state index is 12.5. The Kier molecular flexibility index (Phi) is 15.3. The summed E-state index contributed by atoms with van der Waals surface area (Å²) in [5.41, 5.74) is 0. The van der Waals surface area contributed by atoms with E-state index >= 15 is 0 Å². The minimum atomic E-state index is -1.73. The smallest absolute Gasteiger partial charge is 0.306 e. The molecule has 0 unspecified atom stereocenters. The fourth-order valence-corrected chi connectivity index (χ4v) is 5.38. The molecule has 2 saturated heterocycles. The second-order valence-corrected chi connectivity index (χ2v) is 11.3. The molecule has 2 bridgehead atoms. The summed E-state index contributed by atoms with van der Waals surface area (Å²) in [5, 5.41) is 62.6. The van der Waals surface area contributed by atoms with E-state index in [1.54, 1.807) is 0 Å². The monoisotopic (exact) mass is 602 g/mol. The van der Waals surface area contributed by atoms with Crippen molar-refractivity contribution < 1.29 is 59.1 Å². The molecule has 4 aliphatic rings. The molecule has 0 amide bonds. The zero-order chi connectivity index (χ0) is 30.5. The molecule has 0 aromatic rings. The SMILES string of the molecule is C[C@H]1CCCC=CCC=CCCCCCCCC(=O)O[C@H]2[C@H](O)[C@@H](O)[C@H](O[C@H]3[C@H](O1)O[C@H](CO)[C@@H](O)[C@@H]3O)O[C@@H]2CO. The van der Waals surface area contributed by atoms with Gasteiger partial charge < -0.3 is 54.3 Å². The zero-order valence-corrected chi connectivity index (χ0v) is 24.5. The minimum absolute atomic E-state index is 0.121. The standard InChI is InChI=1S/C30H50O12/c1-19-15-13-11-9-7-5-3-2-4-6-8-10-12-14-16-22(33)41-27-21(18-32)40-29(26(37)25(27)36)42-28-24(35)23(34)20(17-31)39-30(28)38-19/h2-3,7,9,19-21,23-32,34-37H,4-6,8,10-18H2,1H3/t19-,20+,21+,23+,24-,25+,26+,27+,28+,29-,30+/m0/s1. The molecule has 4 heterocycles. The fraction of sp³-hybridized carbons (Fsp3) is 0.833. The molecule has 12 nitrogen and oxygen atoms in total. The Labute approximate surface area is 247 Å². The lowest BCUT2D eigenvalue weighted by molar-refractivity contribution is -0.371. The van der Waals surface area contributed by atoms with Crippen LogP contribution in [0.4, 0.5) is 0 Å². The molecule has 0 radical (unpaired) electrons. The number of ether oxygens (including phenoxy) is 5. The Morgan fingerprint density at radius 2 is 1.29 bits per heavy atom. The van der Waals surface area contributed by atoms with Crippen molar-refractivity contribution in [3.63, 3.8) is 0 Å². The van der Waals surface area contributed by atoms with Gasteiger partial charge in [0.1, 0.15) is 42.7 Å². The van der Waals surface area contributed by atoms with Crippen molar-refractivity contribution in [1.29, 1.82) is 0 Å². The van der Waals surface area contributed by atoms with E-state index < -0.39 is 80.6 Å². The van der Waals surface area contributed by atoms with Gasteiger partial charge in [0.05, 0.1) is 19.3 Å². The minimum Gasteiger partial charge on any atom is -0.457 e. The third-order valence-corrected chi connectivity index (χ3v) is 7.91. The predicted octanol–water partition coefficient (Wildman–Crippen LogP) is 0.984. The Morgan fingerprint density at radius 1 is 0.667 bits per heavy atom. The number of carbonyl (C=O) groups excluding carboxylic acids is 1. The van der Waals surface area contributed by atoms with Gasteiger partial charge in [0, 0.05) is 6.42 Å². The first-order valence-electron chi connectivity index (χ1n) is 15.3. The Hall–Kier alpha value is -1.45. The molecule has 0 spiro atoms. The maximum Gasteiger partial charge on any atom is 0.306 e. The van der Waals surface area contributed by atoms with Crippen LogP contribution in [0.25, 0.3) is 0 Å². The van der Waals surface area contributed by atoms with Gasteiger partial charge in [-0.1, -0.05) is 43.6 Å². The lowest BCUT2D eigenvalue weighted by atomic mass is 9.97. The van der Waals surface area contributed by atoms with Crippen molar-refractivity contribution in [2.24, 2.45) is 0 Å². The lowest BCUT2D eigenvalue weighted by Crippen LogP contribution is -2.65. The molecule has 242 valence electrons. The Bertz CT molecular complexity index is 835. The average Bonchev–Trinajstić information content (AvgIpc) is 2.97. The van der Waals surface area contributed by atoms with Crippen molar-refractivity contribution in [3.05, 3.63) is 24.3 Å². The van der Waals surface area contributed by atoms with E-state index in [-0.39, 0.29) is 12.5 Å². The van der Waals surface area contributed by atoms with Gasteiger partial charge in [-0.3, -0.25) is 4.79 Å². The summed E-state index contributed by atoms with van der Waals surface area (Å²) in [6.07, 6.45) is 2.62. The molecule has 42 heavy (non-hydrogen) atoms. The quantitative estimate of drug-likeness (QED) is 0.195. The summed E-state index contributed by atoms with van der Waals surface area (Å²) in [7, 11) is 0. The van der Waals surface area contributed by atoms with Crippen LogP contribution in [0.3, 0.4) is 0 Å². The summed E-state index contributed by atoms with van der Waals surface area (Å²) in [4.78, 5) is 12.5. The Morgan fingerprint density at radius 3 is 2.00 bits per heavy atom. The summed E-state index contributed by atoms with van der Waals surface area (Å²) < 4.78 is 28.6. The van der Waals surface area contributed by atoms with Gasteiger partial charge in [-0.25, -0.2) is 0 Å². The van der Waals surface area contributed by atoms with Gasteiger partial charge in [0.2, 0.25) is 0 Å². The molecule has 0 aromatic carbocycles. The third kappa shape index (κ3) is 10.3. The third-order valence-electron chi connectivity index (χ3n) is 7.91. The van der Waals surface area contributed by atoms with Crippen molar-refractivity contribution in [2.45, 2.75) is 145 Å². The number of aliphatic hydroxyl groups excluding tert-OH is 6. The van der Waals surface area contributed by atoms with Crippen molar-refractivity contribution >= 4 is 5.97 Å². The number of esters is 1. The highest BCUT2D eigenvalue weighted by Gasteiger charge is 2.52. The van der Waals surface area contributed by atoms with Crippen LogP contribution in [0.1, 0.15) is 77.6 Å². The zero-order valence-electron chi connectivity index (χ0n) is 24.5. The lowest BCUT2D eigenvalue weighted by Gasteiger charge is -2.46. The molecule has 4 aliphatic heterocycles. The number of hydrogen-bond acceptors (Lipinski definition) is 12. The van der Waals surface area contributed by atoms with E-state index in [9.17, 15) is 35.4 Å². The van der Waals surface area contributed by atoms with Gasteiger partial charge in [-0.2, -0.15) is 0 Å². The number of aliphatic hydroxyl groups is 6. The first-order chi connectivity index (χ1) is 20.3. The van der Waals surface area contributed by atoms with Crippen molar-refractivity contribution in [2.75, 3.05) is 13.2 Å². The highest BCUT2D eigenvalue weighted by atomic mass is 16.8. The summed E-state index contributed by atoms with van der Waals surface area (Å²) in [6, 6.07) is 0. The largest absolute Gasteiger partial charge is 0.457 e. The van der Waals surface area contributed by atoms with Crippen molar-refractivity contribution in [3.8, 4) is 0 Å². The fourth-order valence-electron chi connectivity index (χ4n) is 5.38. The van der Waals surface area contributed by atoms with Gasteiger partial charge in [-0.05, 0) is 51.9 Å². The number of fused-ring (bicyclic) bond motifs is 18. The number of carbonyl (C=O) groups is 1. The maximum atomic E-state index is 12.5. The molecular formula is C30H50O12. The van der Waals surface area contributed by atoms with E-state index in [0.29, 0.717) is 12.8 Å². The van der Waals surface area contributed by atoms with Gasteiger partial charge in [-0.15, -0.1) is 0 Å². The highest BCUT2D eigenvalue weighted by molar-refractivity contribution is 5.69. The molecule has 6 N–H and O–H groups in total. The van der Waals surface area contributed by atoms with E-state index in [1.807, 2.05) is 6.92 Å². The van der Waals surface area contributed by atoms with Gasteiger partial charge in [0.25, 0.3) is 0 Å². The van der Waals surface area contributed by atoms with Crippen LogP contribution in [0.5, 0.6) is 0 Å². The molecule has 2 fully saturated rings.